The minimum atomic E-state index is -1.05. The van der Waals surface area contributed by atoms with Gasteiger partial charge in [0.05, 0.1) is 13.1 Å². The molecule has 0 bridgehead atoms. The summed E-state index contributed by atoms with van der Waals surface area (Å²) in [7, 11) is 0. The predicted octanol–water partition coefficient (Wildman–Crippen LogP) is -0.877. The highest BCUT2D eigenvalue weighted by Gasteiger charge is 2.26. The molecule has 0 spiro atoms. The average molecular weight is 615 g/mol. The topological polar surface area (TPSA) is 209 Å². The lowest BCUT2D eigenvalue weighted by Crippen LogP contribution is -2.55. The summed E-state index contributed by atoms with van der Waals surface area (Å²) >= 11 is 1.49. The molecule has 13 nitrogen and oxygen atoms in total. The SMILES string of the molecule is CSCC[C@H](NC(=O)[C@H](Cc1ccccc1)NC(=O)CNC(=O)CNC(=O)[C@H](Cc1ccc(O)cc1)NC(C)=O)C(N)=O. The van der Waals surface area contributed by atoms with Gasteiger partial charge >= 0.3 is 0 Å². The number of aromatic hydroxyl groups is 1. The Morgan fingerprint density at radius 1 is 0.744 bits per heavy atom. The summed E-state index contributed by atoms with van der Waals surface area (Å²) in [6, 6.07) is 12.1. The molecule has 0 aromatic heterocycles. The molecular weight excluding hydrogens is 576 g/mol. The summed E-state index contributed by atoms with van der Waals surface area (Å²) in [5, 5.41) is 22.0. The van der Waals surface area contributed by atoms with E-state index in [-0.39, 0.29) is 18.6 Å². The van der Waals surface area contributed by atoms with E-state index in [0.29, 0.717) is 17.7 Å². The van der Waals surface area contributed by atoms with Gasteiger partial charge in [0.2, 0.25) is 35.4 Å². The number of phenolic OH excluding ortho intramolecular Hbond substituents is 1. The normalized spacial score (nSPS) is 12.6. The van der Waals surface area contributed by atoms with Gasteiger partial charge in [0.1, 0.15) is 23.9 Å². The zero-order valence-corrected chi connectivity index (χ0v) is 24.9. The Bertz CT molecular complexity index is 1260. The third-order valence-corrected chi connectivity index (χ3v) is 6.79. The molecule has 0 saturated heterocycles. The second-order valence-electron chi connectivity index (χ2n) is 9.67. The number of benzene rings is 2. The Labute approximate surface area is 254 Å². The lowest BCUT2D eigenvalue weighted by Gasteiger charge is -2.22. The number of nitrogens with one attached hydrogen (secondary N) is 5. The molecule has 0 heterocycles. The van der Waals surface area contributed by atoms with E-state index in [1.807, 2.05) is 12.3 Å². The van der Waals surface area contributed by atoms with Crippen molar-refractivity contribution in [3.63, 3.8) is 0 Å². The van der Waals surface area contributed by atoms with Crippen molar-refractivity contribution in [2.75, 3.05) is 25.1 Å². The van der Waals surface area contributed by atoms with Crippen LogP contribution in [0.15, 0.2) is 54.6 Å². The zero-order chi connectivity index (χ0) is 31.8. The fourth-order valence-electron chi connectivity index (χ4n) is 3.95. The van der Waals surface area contributed by atoms with Gasteiger partial charge in [-0.2, -0.15) is 11.8 Å². The Morgan fingerprint density at radius 2 is 1.33 bits per heavy atom. The maximum Gasteiger partial charge on any atom is 0.243 e. The molecule has 43 heavy (non-hydrogen) atoms. The summed E-state index contributed by atoms with van der Waals surface area (Å²) in [6.07, 6.45) is 2.43. The highest BCUT2D eigenvalue weighted by molar-refractivity contribution is 7.98. The van der Waals surface area contributed by atoms with E-state index in [0.717, 1.165) is 5.56 Å². The second-order valence-corrected chi connectivity index (χ2v) is 10.7. The Kier molecular flexibility index (Phi) is 14.5. The fourth-order valence-corrected chi connectivity index (χ4v) is 4.42. The van der Waals surface area contributed by atoms with Crippen LogP contribution in [0, 0.1) is 0 Å². The number of phenols is 1. The fraction of sp³-hybridized carbons (Fsp3) is 0.379. The molecule has 0 radical (unpaired) electrons. The molecule has 14 heteroatoms. The molecule has 232 valence electrons. The number of carbonyl (C=O) groups excluding carboxylic acids is 6. The van der Waals surface area contributed by atoms with Crippen LogP contribution in [-0.2, 0) is 41.6 Å². The van der Waals surface area contributed by atoms with Gasteiger partial charge in [0, 0.05) is 19.8 Å². The highest BCUT2D eigenvalue weighted by atomic mass is 32.2. The predicted molar refractivity (Wildman–Crippen MR) is 162 cm³/mol. The van der Waals surface area contributed by atoms with E-state index in [9.17, 15) is 33.9 Å². The van der Waals surface area contributed by atoms with Crippen molar-refractivity contribution in [1.29, 1.82) is 0 Å². The largest absolute Gasteiger partial charge is 0.508 e. The van der Waals surface area contributed by atoms with E-state index in [2.05, 4.69) is 26.6 Å². The quantitative estimate of drug-likeness (QED) is 0.119. The lowest BCUT2D eigenvalue weighted by molar-refractivity contribution is -0.132. The number of thioether (sulfide) groups is 1. The molecule has 2 rings (SSSR count). The van der Waals surface area contributed by atoms with E-state index in [1.165, 1.54) is 30.8 Å². The monoisotopic (exact) mass is 614 g/mol. The van der Waals surface area contributed by atoms with Crippen molar-refractivity contribution in [3.8, 4) is 5.75 Å². The first-order valence-corrected chi connectivity index (χ1v) is 14.9. The molecule has 0 aliphatic rings. The smallest absolute Gasteiger partial charge is 0.243 e. The molecule has 0 aliphatic carbocycles. The summed E-state index contributed by atoms with van der Waals surface area (Å²) in [6.45, 7) is 0.301. The summed E-state index contributed by atoms with van der Waals surface area (Å²) in [4.78, 5) is 74.2. The number of primary amides is 1. The number of amides is 6. The molecule has 0 aliphatic heterocycles. The van der Waals surface area contributed by atoms with Crippen molar-refractivity contribution >= 4 is 47.2 Å². The zero-order valence-electron chi connectivity index (χ0n) is 24.1. The van der Waals surface area contributed by atoms with E-state index < -0.39 is 66.7 Å². The first-order chi connectivity index (χ1) is 20.5. The third-order valence-electron chi connectivity index (χ3n) is 6.14. The van der Waals surface area contributed by atoms with Crippen LogP contribution in [0.2, 0.25) is 0 Å². The van der Waals surface area contributed by atoms with Crippen LogP contribution < -0.4 is 32.3 Å². The number of nitrogens with two attached hydrogens (primary N) is 1. The van der Waals surface area contributed by atoms with E-state index in [4.69, 9.17) is 5.73 Å². The molecule has 0 unspecified atom stereocenters. The van der Waals surface area contributed by atoms with Gasteiger partial charge in [0.25, 0.3) is 0 Å². The first-order valence-electron chi connectivity index (χ1n) is 13.5. The van der Waals surface area contributed by atoms with Gasteiger partial charge in [-0.3, -0.25) is 28.8 Å². The van der Waals surface area contributed by atoms with Crippen molar-refractivity contribution < 1.29 is 33.9 Å². The van der Waals surface area contributed by atoms with Crippen molar-refractivity contribution in [3.05, 3.63) is 65.7 Å². The maximum atomic E-state index is 13.0. The van der Waals surface area contributed by atoms with Gasteiger partial charge in [-0.15, -0.1) is 0 Å². The van der Waals surface area contributed by atoms with Crippen LogP contribution >= 0.6 is 11.8 Å². The molecule has 0 fully saturated rings. The van der Waals surface area contributed by atoms with Gasteiger partial charge in [-0.05, 0) is 41.7 Å². The molecule has 2 aromatic carbocycles. The first kappa shape index (κ1) is 34.6. The molecule has 8 N–H and O–H groups in total. The maximum absolute atomic E-state index is 13.0. The number of carbonyl (C=O) groups is 6. The van der Waals surface area contributed by atoms with E-state index in [1.54, 1.807) is 36.4 Å². The second kappa shape index (κ2) is 18.1. The summed E-state index contributed by atoms with van der Waals surface area (Å²) < 4.78 is 0. The van der Waals surface area contributed by atoms with Gasteiger partial charge in [-0.1, -0.05) is 42.5 Å². The highest BCUT2D eigenvalue weighted by Crippen LogP contribution is 2.11. The van der Waals surface area contributed by atoms with Gasteiger partial charge in [-0.25, -0.2) is 0 Å². The number of hydrogen-bond donors (Lipinski definition) is 7. The Balaban J connectivity index is 1.94. The van der Waals surface area contributed by atoms with Crippen molar-refractivity contribution in [1.82, 2.24) is 26.6 Å². The molecule has 6 amide bonds. The van der Waals surface area contributed by atoms with Crippen LogP contribution in [-0.4, -0.2) is 83.8 Å². The van der Waals surface area contributed by atoms with Crippen LogP contribution in [0.4, 0.5) is 0 Å². The number of rotatable bonds is 17. The van der Waals surface area contributed by atoms with Crippen LogP contribution in [0.5, 0.6) is 5.75 Å². The molecular formula is C29H38N6O7S. The summed E-state index contributed by atoms with van der Waals surface area (Å²) in [5.41, 5.74) is 6.87. The number of hydrogen-bond acceptors (Lipinski definition) is 8. The Hall–Kier alpha value is -4.59. The summed E-state index contributed by atoms with van der Waals surface area (Å²) in [5.74, 6) is -3.05. The van der Waals surface area contributed by atoms with Crippen molar-refractivity contribution in [2.24, 2.45) is 5.73 Å². The Morgan fingerprint density at radius 3 is 1.91 bits per heavy atom. The van der Waals surface area contributed by atoms with Crippen LogP contribution in [0.3, 0.4) is 0 Å². The molecule has 3 atom stereocenters. The minimum absolute atomic E-state index is 0.0537. The third kappa shape index (κ3) is 13.3. The lowest BCUT2D eigenvalue weighted by atomic mass is 10.0. The van der Waals surface area contributed by atoms with Crippen LogP contribution in [0.1, 0.15) is 24.5 Å². The van der Waals surface area contributed by atoms with Gasteiger partial charge in [0.15, 0.2) is 0 Å². The molecule has 2 aromatic rings. The molecule has 0 saturated carbocycles. The van der Waals surface area contributed by atoms with Crippen molar-refractivity contribution in [2.45, 2.75) is 44.3 Å². The van der Waals surface area contributed by atoms with E-state index >= 15 is 0 Å². The van der Waals surface area contributed by atoms with Gasteiger partial charge < -0.3 is 37.4 Å². The average Bonchev–Trinajstić information content (AvgIpc) is 2.97. The van der Waals surface area contributed by atoms with Crippen LogP contribution in [0.25, 0.3) is 0 Å². The standard InChI is InChI=1S/C29H38N6O7S/c1-18(36)33-23(15-20-8-10-21(37)11-9-20)28(41)32-16-25(38)31-17-26(39)34-24(14-19-6-4-3-5-7-19)29(42)35-22(27(30)40)12-13-43-2/h3-11,22-24,37H,12-17H2,1-2H3,(H2,30,40)(H,31,38)(H,32,41)(H,33,36)(H,34,39)(H,35,42)/t22-,23-,24-/m0/s1. The minimum Gasteiger partial charge on any atom is -0.508 e.